The number of anilines is 1. The summed E-state index contributed by atoms with van der Waals surface area (Å²) in [6, 6.07) is 13.6. The highest BCUT2D eigenvalue weighted by Gasteiger charge is 2.15. The van der Waals surface area contributed by atoms with E-state index in [9.17, 15) is 9.59 Å². The SMILES string of the molecule is CCc1nc(SCC(=O)NNC(=O)c2ccc(Cl)cc2)nc(N)c1-c1ccc(Cl)cc1. The highest BCUT2D eigenvalue weighted by Crippen LogP contribution is 2.30. The third kappa shape index (κ3) is 6.10. The van der Waals surface area contributed by atoms with E-state index in [1.165, 1.54) is 0 Å². The van der Waals surface area contributed by atoms with Gasteiger partial charge in [0.2, 0.25) is 5.91 Å². The Morgan fingerprint density at radius 2 is 1.58 bits per heavy atom. The van der Waals surface area contributed by atoms with Crippen LogP contribution < -0.4 is 16.6 Å². The predicted molar refractivity (Wildman–Crippen MR) is 124 cm³/mol. The molecule has 0 saturated carbocycles. The van der Waals surface area contributed by atoms with Crippen molar-refractivity contribution in [3.63, 3.8) is 0 Å². The summed E-state index contributed by atoms with van der Waals surface area (Å²) in [7, 11) is 0. The lowest BCUT2D eigenvalue weighted by Crippen LogP contribution is -2.42. The number of nitrogens with zero attached hydrogens (tertiary/aromatic N) is 2. The van der Waals surface area contributed by atoms with E-state index < -0.39 is 11.8 Å². The van der Waals surface area contributed by atoms with E-state index in [-0.39, 0.29) is 5.75 Å². The van der Waals surface area contributed by atoms with Crippen LogP contribution >= 0.6 is 35.0 Å². The number of hydrazine groups is 1. The van der Waals surface area contributed by atoms with Crippen LogP contribution in [-0.4, -0.2) is 27.5 Å². The van der Waals surface area contributed by atoms with Crippen LogP contribution in [0.5, 0.6) is 0 Å². The summed E-state index contributed by atoms with van der Waals surface area (Å²) in [6.45, 7) is 1.97. The summed E-state index contributed by atoms with van der Waals surface area (Å²) >= 11 is 12.9. The standard InChI is InChI=1S/C21H19Cl2N5O2S/c1-2-16-18(12-3-7-14(22)8-4-12)19(24)26-21(25-16)31-11-17(29)27-28-20(30)13-5-9-15(23)10-6-13/h3-10H,2,11H2,1H3,(H,27,29)(H,28,30)(H2,24,25,26). The number of nitrogens with two attached hydrogens (primary N) is 1. The molecule has 0 aliphatic rings. The molecule has 3 aromatic rings. The molecule has 2 amide bonds. The van der Waals surface area contributed by atoms with Crippen LogP contribution in [0.2, 0.25) is 10.0 Å². The van der Waals surface area contributed by atoms with Gasteiger partial charge in [0.25, 0.3) is 5.91 Å². The van der Waals surface area contributed by atoms with E-state index >= 15 is 0 Å². The van der Waals surface area contributed by atoms with Gasteiger partial charge in [-0.3, -0.25) is 20.4 Å². The number of benzene rings is 2. The van der Waals surface area contributed by atoms with E-state index in [4.69, 9.17) is 28.9 Å². The number of rotatable bonds is 6. The number of carbonyl (C=O) groups is 2. The molecular weight excluding hydrogens is 457 g/mol. The van der Waals surface area contributed by atoms with E-state index in [0.717, 1.165) is 28.6 Å². The molecule has 0 spiro atoms. The minimum atomic E-state index is -0.448. The molecule has 1 aromatic heterocycles. The molecular formula is C21H19Cl2N5O2S. The molecule has 0 aliphatic heterocycles. The molecule has 0 saturated heterocycles. The molecule has 31 heavy (non-hydrogen) atoms. The van der Waals surface area contributed by atoms with Gasteiger partial charge >= 0.3 is 0 Å². The maximum absolute atomic E-state index is 12.1. The van der Waals surface area contributed by atoms with Crippen molar-refractivity contribution in [3.05, 3.63) is 69.8 Å². The maximum Gasteiger partial charge on any atom is 0.269 e. The minimum absolute atomic E-state index is 0.00375. The van der Waals surface area contributed by atoms with Crippen molar-refractivity contribution in [1.29, 1.82) is 0 Å². The predicted octanol–water partition coefficient (Wildman–Crippen LogP) is 4.15. The second-order valence-electron chi connectivity index (χ2n) is 6.37. The number of nitrogens with one attached hydrogen (secondary N) is 2. The second-order valence-corrected chi connectivity index (χ2v) is 8.19. The fourth-order valence-corrected chi connectivity index (χ4v) is 3.64. The van der Waals surface area contributed by atoms with Crippen LogP contribution in [0.4, 0.5) is 5.82 Å². The fraction of sp³-hybridized carbons (Fsp3) is 0.143. The Hall–Kier alpha value is -2.81. The highest BCUT2D eigenvalue weighted by molar-refractivity contribution is 7.99. The van der Waals surface area contributed by atoms with Gasteiger partial charge in [-0.15, -0.1) is 0 Å². The Morgan fingerprint density at radius 3 is 2.19 bits per heavy atom. The quantitative estimate of drug-likeness (QED) is 0.280. The molecule has 160 valence electrons. The van der Waals surface area contributed by atoms with Crippen LogP contribution in [0.15, 0.2) is 53.7 Å². The molecule has 7 nitrogen and oxygen atoms in total. The van der Waals surface area contributed by atoms with Gasteiger partial charge < -0.3 is 5.73 Å². The van der Waals surface area contributed by atoms with Gasteiger partial charge in [-0.2, -0.15) is 0 Å². The zero-order chi connectivity index (χ0) is 22.4. The molecule has 0 aliphatic carbocycles. The molecule has 0 atom stereocenters. The zero-order valence-electron chi connectivity index (χ0n) is 16.5. The maximum atomic E-state index is 12.1. The normalized spacial score (nSPS) is 10.5. The van der Waals surface area contributed by atoms with Gasteiger partial charge in [-0.25, -0.2) is 9.97 Å². The Labute approximate surface area is 193 Å². The Bertz CT molecular complexity index is 1090. The Kier molecular flexibility index (Phi) is 7.73. The Balaban J connectivity index is 1.61. The molecule has 0 fully saturated rings. The average Bonchev–Trinajstić information content (AvgIpc) is 2.77. The van der Waals surface area contributed by atoms with Gasteiger partial charge in [0, 0.05) is 21.2 Å². The van der Waals surface area contributed by atoms with Crippen molar-refractivity contribution in [2.45, 2.75) is 18.5 Å². The van der Waals surface area contributed by atoms with Crippen LogP contribution in [0.3, 0.4) is 0 Å². The molecule has 0 bridgehead atoms. The fourth-order valence-electron chi connectivity index (χ4n) is 2.72. The summed E-state index contributed by atoms with van der Waals surface area (Å²) < 4.78 is 0. The summed E-state index contributed by atoms with van der Waals surface area (Å²) in [5.41, 5.74) is 13.7. The molecule has 1 heterocycles. The number of aryl methyl sites for hydroxylation is 1. The Morgan fingerprint density at radius 1 is 0.968 bits per heavy atom. The molecule has 3 rings (SSSR count). The number of hydrogen-bond donors (Lipinski definition) is 3. The number of aromatic nitrogens is 2. The summed E-state index contributed by atoms with van der Waals surface area (Å²) in [6.07, 6.45) is 0.640. The minimum Gasteiger partial charge on any atom is -0.383 e. The molecule has 10 heteroatoms. The smallest absolute Gasteiger partial charge is 0.269 e. The van der Waals surface area contributed by atoms with Crippen molar-refractivity contribution in [2.75, 3.05) is 11.5 Å². The first-order valence-corrected chi connectivity index (χ1v) is 11.0. The molecule has 0 unspecified atom stereocenters. The van der Waals surface area contributed by atoms with Crippen molar-refractivity contribution < 1.29 is 9.59 Å². The molecule has 4 N–H and O–H groups in total. The largest absolute Gasteiger partial charge is 0.383 e. The number of hydrogen-bond acceptors (Lipinski definition) is 6. The van der Waals surface area contributed by atoms with Gasteiger partial charge in [-0.1, -0.05) is 54.0 Å². The van der Waals surface area contributed by atoms with Gasteiger partial charge in [0.15, 0.2) is 5.16 Å². The number of carbonyl (C=O) groups excluding carboxylic acids is 2. The van der Waals surface area contributed by atoms with Gasteiger partial charge in [0.1, 0.15) is 5.82 Å². The van der Waals surface area contributed by atoms with Gasteiger partial charge in [0.05, 0.1) is 11.4 Å². The third-order valence-corrected chi connectivity index (χ3v) is 5.56. The van der Waals surface area contributed by atoms with Crippen LogP contribution in [0.25, 0.3) is 11.1 Å². The topological polar surface area (TPSA) is 110 Å². The first-order valence-electron chi connectivity index (χ1n) is 9.27. The van der Waals surface area contributed by atoms with Gasteiger partial charge in [-0.05, 0) is 48.4 Å². The van der Waals surface area contributed by atoms with E-state index in [1.807, 2.05) is 19.1 Å². The van der Waals surface area contributed by atoms with Crippen LogP contribution in [-0.2, 0) is 11.2 Å². The lowest BCUT2D eigenvalue weighted by Gasteiger charge is -2.12. The number of amides is 2. The first-order chi connectivity index (χ1) is 14.9. The molecule has 2 aromatic carbocycles. The first kappa shape index (κ1) is 22.9. The average molecular weight is 476 g/mol. The van der Waals surface area contributed by atoms with E-state index in [0.29, 0.717) is 33.0 Å². The summed E-state index contributed by atoms with van der Waals surface area (Å²) in [5.74, 6) is -0.525. The van der Waals surface area contributed by atoms with E-state index in [2.05, 4.69) is 20.8 Å². The van der Waals surface area contributed by atoms with Crippen LogP contribution in [0, 0.1) is 0 Å². The van der Waals surface area contributed by atoms with Crippen molar-refractivity contribution in [1.82, 2.24) is 20.8 Å². The number of thioether (sulfide) groups is 1. The van der Waals surface area contributed by atoms with Crippen molar-refractivity contribution in [2.24, 2.45) is 0 Å². The highest BCUT2D eigenvalue weighted by atomic mass is 35.5. The summed E-state index contributed by atoms with van der Waals surface area (Å²) in [5, 5.41) is 1.53. The van der Waals surface area contributed by atoms with Crippen LogP contribution in [0.1, 0.15) is 23.0 Å². The number of halogens is 2. The zero-order valence-corrected chi connectivity index (χ0v) is 18.8. The lowest BCUT2D eigenvalue weighted by molar-refractivity contribution is -0.119. The summed E-state index contributed by atoms with van der Waals surface area (Å²) in [4.78, 5) is 33.0. The third-order valence-electron chi connectivity index (χ3n) is 4.21. The molecule has 0 radical (unpaired) electrons. The van der Waals surface area contributed by atoms with Crippen molar-refractivity contribution >= 4 is 52.6 Å². The van der Waals surface area contributed by atoms with E-state index in [1.54, 1.807) is 36.4 Å². The monoisotopic (exact) mass is 475 g/mol. The lowest BCUT2D eigenvalue weighted by atomic mass is 10.0. The van der Waals surface area contributed by atoms with Crippen molar-refractivity contribution in [3.8, 4) is 11.1 Å². The second kappa shape index (κ2) is 10.5. The number of nitrogen functional groups attached to an aromatic ring is 1.